The van der Waals surface area contributed by atoms with Crippen LogP contribution in [0.1, 0.15) is 24.8 Å². The molecule has 1 aromatic rings. The Morgan fingerprint density at radius 2 is 2.19 bits per heavy atom. The molecule has 0 aliphatic carbocycles. The third kappa shape index (κ3) is 4.23. The number of hydrogen-bond acceptors (Lipinski definition) is 4. The standard InChI is InChI=1S/C13H18BrFN2O3S/c14-10-5-9(7-16)13(15)12(6-10)21(18,19)17-8-11-3-1-2-4-20-11/h5-6,11,17H,1-4,7-8,16H2. The number of rotatable bonds is 5. The molecule has 118 valence electrons. The van der Waals surface area contributed by atoms with Gasteiger partial charge in [0.05, 0.1) is 6.10 Å². The van der Waals surface area contributed by atoms with Gasteiger partial charge in [-0.15, -0.1) is 0 Å². The summed E-state index contributed by atoms with van der Waals surface area (Å²) in [6, 6.07) is 2.71. The summed E-state index contributed by atoms with van der Waals surface area (Å²) in [4.78, 5) is -0.395. The lowest BCUT2D eigenvalue weighted by Gasteiger charge is -2.22. The molecule has 3 N–H and O–H groups in total. The summed E-state index contributed by atoms with van der Waals surface area (Å²) in [6.07, 6.45) is 2.65. The molecular weight excluding hydrogens is 363 g/mol. The average Bonchev–Trinajstić information content (AvgIpc) is 2.48. The fraction of sp³-hybridized carbons (Fsp3) is 0.538. The Morgan fingerprint density at radius 3 is 2.81 bits per heavy atom. The number of nitrogens with two attached hydrogens (primary N) is 1. The van der Waals surface area contributed by atoms with Gasteiger partial charge in [-0.05, 0) is 31.4 Å². The van der Waals surface area contributed by atoms with E-state index in [1.54, 1.807) is 0 Å². The Kier molecular flexibility index (Phi) is 5.73. The molecule has 1 unspecified atom stereocenters. The number of halogens is 2. The highest BCUT2D eigenvalue weighted by molar-refractivity contribution is 9.10. The largest absolute Gasteiger partial charge is 0.377 e. The maximum absolute atomic E-state index is 14.2. The zero-order chi connectivity index (χ0) is 15.5. The summed E-state index contributed by atoms with van der Waals surface area (Å²) < 4.78 is 47.0. The zero-order valence-electron chi connectivity index (χ0n) is 11.4. The van der Waals surface area contributed by atoms with Gasteiger partial charge in [-0.2, -0.15) is 0 Å². The fourth-order valence-electron chi connectivity index (χ4n) is 2.21. The third-order valence-electron chi connectivity index (χ3n) is 3.36. The second-order valence-corrected chi connectivity index (χ2v) is 7.57. The van der Waals surface area contributed by atoms with Crippen LogP contribution in [-0.4, -0.2) is 27.7 Å². The van der Waals surface area contributed by atoms with Crippen LogP contribution in [0.5, 0.6) is 0 Å². The Morgan fingerprint density at radius 1 is 1.43 bits per heavy atom. The summed E-state index contributed by atoms with van der Waals surface area (Å²) in [5.74, 6) is -0.808. The second kappa shape index (κ2) is 7.15. The minimum absolute atomic E-state index is 0.0699. The van der Waals surface area contributed by atoms with E-state index in [2.05, 4.69) is 20.7 Å². The zero-order valence-corrected chi connectivity index (χ0v) is 13.8. The van der Waals surface area contributed by atoms with Gasteiger partial charge in [0.15, 0.2) is 0 Å². The van der Waals surface area contributed by atoms with E-state index in [1.807, 2.05) is 0 Å². The highest BCUT2D eigenvalue weighted by Crippen LogP contribution is 2.24. The van der Waals surface area contributed by atoms with E-state index in [0.717, 1.165) is 19.3 Å². The lowest BCUT2D eigenvalue weighted by Crippen LogP contribution is -2.35. The molecule has 8 heteroatoms. The van der Waals surface area contributed by atoms with Crippen LogP contribution >= 0.6 is 15.9 Å². The van der Waals surface area contributed by atoms with E-state index in [0.29, 0.717) is 11.1 Å². The molecule has 1 heterocycles. The van der Waals surface area contributed by atoms with Crippen LogP contribution in [0.4, 0.5) is 4.39 Å². The molecule has 0 aromatic heterocycles. The maximum Gasteiger partial charge on any atom is 0.243 e. The first kappa shape index (κ1) is 16.8. The average molecular weight is 381 g/mol. The minimum atomic E-state index is -3.94. The number of ether oxygens (including phenoxy) is 1. The molecule has 1 aliphatic rings. The predicted octanol–water partition coefficient (Wildman–Crippen LogP) is 1.89. The van der Waals surface area contributed by atoms with Crippen LogP contribution < -0.4 is 10.5 Å². The minimum Gasteiger partial charge on any atom is -0.377 e. The number of hydrogen-bond donors (Lipinski definition) is 2. The Hall–Kier alpha value is -0.540. The highest BCUT2D eigenvalue weighted by Gasteiger charge is 2.24. The summed E-state index contributed by atoms with van der Waals surface area (Å²) in [7, 11) is -3.94. The van der Waals surface area contributed by atoms with Crippen molar-refractivity contribution in [1.82, 2.24) is 4.72 Å². The molecule has 1 atom stereocenters. The summed E-state index contributed by atoms with van der Waals surface area (Å²) >= 11 is 3.17. The second-order valence-electron chi connectivity index (χ2n) is 4.92. The number of nitrogens with one attached hydrogen (secondary N) is 1. The van der Waals surface area contributed by atoms with Gasteiger partial charge in [-0.1, -0.05) is 15.9 Å². The molecule has 1 aliphatic heterocycles. The molecule has 5 nitrogen and oxygen atoms in total. The Balaban J connectivity index is 2.17. The van der Waals surface area contributed by atoms with E-state index in [1.165, 1.54) is 12.1 Å². The Labute approximate surface area is 132 Å². The topological polar surface area (TPSA) is 81.4 Å². The molecule has 21 heavy (non-hydrogen) atoms. The van der Waals surface area contributed by atoms with E-state index in [9.17, 15) is 12.8 Å². The molecule has 2 rings (SSSR count). The first-order chi connectivity index (χ1) is 9.94. The molecule has 0 radical (unpaired) electrons. The van der Waals surface area contributed by atoms with Gasteiger partial charge < -0.3 is 10.5 Å². The smallest absolute Gasteiger partial charge is 0.243 e. The van der Waals surface area contributed by atoms with Crippen molar-refractivity contribution in [3.8, 4) is 0 Å². The fourth-order valence-corrected chi connectivity index (χ4v) is 4.08. The van der Waals surface area contributed by atoms with E-state index < -0.39 is 20.7 Å². The normalized spacial score (nSPS) is 19.7. The van der Waals surface area contributed by atoms with Crippen molar-refractivity contribution in [2.24, 2.45) is 5.73 Å². The van der Waals surface area contributed by atoms with E-state index >= 15 is 0 Å². The van der Waals surface area contributed by atoms with Crippen LogP contribution in [0.2, 0.25) is 0 Å². The van der Waals surface area contributed by atoms with Crippen molar-refractivity contribution in [3.05, 3.63) is 28.0 Å². The SMILES string of the molecule is NCc1cc(Br)cc(S(=O)(=O)NCC2CCCCO2)c1F. The van der Waals surface area contributed by atoms with Crippen LogP contribution in [0, 0.1) is 5.82 Å². The van der Waals surface area contributed by atoms with Gasteiger partial charge in [0, 0.05) is 29.7 Å². The molecule has 1 fully saturated rings. The van der Waals surface area contributed by atoms with Gasteiger partial charge in [-0.3, -0.25) is 0 Å². The number of benzene rings is 1. The van der Waals surface area contributed by atoms with Crippen molar-refractivity contribution < 1.29 is 17.5 Å². The Bertz CT molecular complexity index is 604. The lowest BCUT2D eigenvalue weighted by molar-refractivity contribution is 0.0200. The van der Waals surface area contributed by atoms with Crippen molar-refractivity contribution in [1.29, 1.82) is 0 Å². The maximum atomic E-state index is 14.2. The molecule has 0 bridgehead atoms. The van der Waals surface area contributed by atoms with Crippen LogP contribution in [0.3, 0.4) is 0 Å². The van der Waals surface area contributed by atoms with Crippen molar-refractivity contribution in [2.75, 3.05) is 13.2 Å². The van der Waals surface area contributed by atoms with Crippen LogP contribution in [0.15, 0.2) is 21.5 Å². The molecule has 1 aromatic carbocycles. The van der Waals surface area contributed by atoms with Gasteiger partial charge in [-0.25, -0.2) is 17.5 Å². The molecule has 0 amide bonds. The first-order valence-electron chi connectivity index (χ1n) is 6.73. The summed E-state index contributed by atoms with van der Waals surface area (Å²) in [5, 5.41) is 0. The molecule has 0 saturated carbocycles. The van der Waals surface area contributed by atoms with Gasteiger partial charge in [0.1, 0.15) is 10.7 Å². The van der Waals surface area contributed by atoms with Crippen molar-refractivity contribution in [2.45, 2.75) is 36.8 Å². The summed E-state index contributed by atoms with van der Waals surface area (Å²) in [6.45, 7) is 0.709. The first-order valence-corrected chi connectivity index (χ1v) is 9.01. The van der Waals surface area contributed by atoms with Crippen molar-refractivity contribution >= 4 is 26.0 Å². The summed E-state index contributed by atoms with van der Waals surface area (Å²) in [5.41, 5.74) is 5.58. The predicted molar refractivity (Wildman–Crippen MR) is 80.8 cm³/mol. The molecule has 1 saturated heterocycles. The third-order valence-corrected chi connectivity index (χ3v) is 5.24. The van der Waals surface area contributed by atoms with Crippen molar-refractivity contribution in [3.63, 3.8) is 0 Å². The van der Waals surface area contributed by atoms with Crippen LogP contribution in [-0.2, 0) is 21.3 Å². The molecular formula is C13H18BrFN2O3S. The molecule has 0 spiro atoms. The lowest BCUT2D eigenvalue weighted by atomic mass is 10.1. The van der Waals surface area contributed by atoms with Gasteiger partial charge >= 0.3 is 0 Å². The van der Waals surface area contributed by atoms with E-state index in [4.69, 9.17) is 10.5 Å². The van der Waals surface area contributed by atoms with Gasteiger partial charge in [0.25, 0.3) is 0 Å². The highest BCUT2D eigenvalue weighted by atomic mass is 79.9. The van der Waals surface area contributed by atoms with Crippen LogP contribution in [0.25, 0.3) is 0 Å². The quantitative estimate of drug-likeness (QED) is 0.816. The number of sulfonamides is 1. The van der Waals surface area contributed by atoms with E-state index in [-0.39, 0.29) is 24.8 Å². The van der Waals surface area contributed by atoms with Gasteiger partial charge in [0.2, 0.25) is 10.0 Å². The monoisotopic (exact) mass is 380 g/mol.